The summed E-state index contributed by atoms with van der Waals surface area (Å²) >= 11 is 0. The summed E-state index contributed by atoms with van der Waals surface area (Å²) in [4.78, 5) is 7.08. The van der Waals surface area contributed by atoms with Gasteiger partial charge in [-0.25, -0.2) is 4.98 Å². The molecule has 1 atom stereocenters. The number of aryl methyl sites for hydroxylation is 1. The highest BCUT2D eigenvalue weighted by Crippen LogP contribution is 2.20. The summed E-state index contributed by atoms with van der Waals surface area (Å²) in [6, 6.07) is 2.57. The zero-order valence-electron chi connectivity index (χ0n) is 12.1. The molecule has 1 aliphatic rings. The topological polar surface area (TPSA) is 38.9 Å². The number of hydrogen-bond donors (Lipinski definition) is 0. The molecule has 0 aliphatic carbocycles. The van der Waals surface area contributed by atoms with Crippen LogP contribution in [-0.4, -0.2) is 36.8 Å². The molecule has 108 valence electrons. The summed E-state index contributed by atoms with van der Waals surface area (Å²) in [5.74, 6) is 1.18. The molecule has 5 heteroatoms. The minimum absolute atomic E-state index is 0.575. The fourth-order valence-electron chi connectivity index (χ4n) is 3.06. The highest BCUT2D eigenvalue weighted by atomic mass is 15.3. The lowest BCUT2D eigenvalue weighted by molar-refractivity contribution is 0.117. The molecule has 1 saturated heterocycles. The van der Waals surface area contributed by atoms with Crippen LogP contribution < -0.4 is 0 Å². The molecule has 5 nitrogen and oxygen atoms in total. The van der Waals surface area contributed by atoms with Crippen LogP contribution in [0.25, 0.3) is 0 Å². The molecule has 1 fully saturated rings. The molecule has 1 aliphatic heterocycles. The van der Waals surface area contributed by atoms with Crippen molar-refractivity contribution in [2.45, 2.75) is 51.9 Å². The quantitative estimate of drug-likeness (QED) is 0.838. The Balaban J connectivity index is 1.69. The van der Waals surface area contributed by atoms with Gasteiger partial charge in [-0.05, 0) is 32.4 Å². The SMILES string of the molecule is CCn1ccnc1CN1CCCC[C@@H]1Cn1cccn1. The van der Waals surface area contributed by atoms with Gasteiger partial charge in [-0.3, -0.25) is 9.58 Å². The third kappa shape index (κ3) is 2.93. The molecule has 0 bridgehead atoms. The van der Waals surface area contributed by atoms with E-state index in [-0.39, 0.29) is 0 Å². The van der Waals surface area contributed by atoms with Gasteiger partial charge >= 0.3 is 0 Å². The third-order valence-corrected chi connectivity index (χ3v) is 4.19. The van der Waals surface area contributed by atoms with E-state index in [0.717, 1.165) is 19.6 Å². The van der Waals surface area contributed by atoms with Crippen LogP contribution in [0.2, 0.25) is 0 Å². The van der Waals surface area contributed by atoms with Gasteiger partial charge in [0.2, 0.25) is 0 Å². The smallest absolute Gasteiger partial charge is 0.122 e. The minimum atomic E-state index is 0.575. The Bertz CT molecular complexity index is 516. The summed E-state index contributed by atoms with van der Waals surface area (Å²) in [5, 5.41) is 4.34. The van der Waals surface area contributed by atoms with Gasteiger partial charge in [0.05, 0.1) is 13.1 Å². The van der Waals surface area contributed by atoms with E-state index in [1.807, 2.05) is 18.5 Å². The van der Waals surface area contributed by atoms with Crippen LogP contribution >= 0.6 is 0 Å². The number of aromatic nitrogens is 4. The molecule has 0 N–H and O–H groups in total. The predicted octanol–water partition coefficient (Wildman–Crippen LogP) is 2.15. The van der Waals surface area contributed by atoms with E-state index in [1.54, 1.807) is 0 Å². The van der Waals surface area contributed by atoms with E-state index in [1.165, 1.54) is 31.6 Å². The second-order valence-electron chi connectivity index (χ2n) is 5.48. The van der Waals surface area contributed by atoms with Crippen LogP contribution in [0.5, 0.6) is 0 Å². The normalized spacial score (nSPS) is 20.4. The van der Waals surface area contributed by atoms with Crippen molar-refractivity contribution in [3.63, 3.8) is 0 Å². The molecule has 0 aromatic carbocycles. The van der Waals surface area contributed by atoms with Gasteiger partial charge < -0.3 is 4.57 Å². The lowest BCUT2D eigenvalue weighted by Crippen LogP contribution is -2.42. The minimum Gasteiger partial charge on any atom is -0.334 e. The maximum Gasteiger partial charge on any atom is 0.122 e. The maximum atomic E-state index is 4.51. The molecule has 3 heterocycles. The Morgan fingerprint density at radius 2 is 2.20 bits per heavy atom. The molecule has 20 heavy (non-hydrogen) atoms. The number of piperidine rings is 1. The zero-order chi connectivity index (χ0) is 13.8. The van der Waals surface area contributed by atoms with Crippen LogP contribution in [-0.2, 0) is 19.6 Å². The highest BCUT2D eigenvalue weighted by molar-refractivity contribution is 4.94. The maximum absolute atomic E-state index is 4.51. The largest absolute Gasteiger partial charge is 0.334 e. The zero-order valence-corrected chi connectivity index (χ0v) is 12.1. The number of hydrogen-bond acceptors (Lipinski definition) is 3. The van der Waals surface area contributed by atoms with Gasteiger partial charge in [0.1, 0.15) is 5.82 Å². The molecule has 2 aromatic rings. The number of rotatable bonds is 5. The van der Waals surface area contributed by atoms with E-state index in [0.29, 0.717) is 6.04 Å². The fraction of sp³-hybridized carbons (Fsp3) is 0.600. The molecule has 0 radical (unpaired) electrons. The Morgan fingerprint density at radius 3 is 3.00 bits per heavy atom. The molecule has 0 saturated carbocycles. The third-order valence-electron chi connectivity index (χ3n) is 4.19. The van der Waals surface area contributed by atoms with E-state index in [2.05, 4.69) is 43.5 Å². The van der Waals surface area contributed by atoms with Crippen LogP contribution in [0.3, 0.4) is 0 Å². The van der Waals surface area contributed by atoms with Gasteiger partial charge in [-0.15, -0.1) is 0 Å². The first-order chi connectivity index (χ1) is 9.86. The van der Waals surface area contributed by atoms with Crippen molar-refractivity contribution in [3.8, 4) is 0 Å². The fourth-order valence-corrected chi connectivity index (χ4v) is 3.06. The first-order valence-corrected chi connectivity index (χ1v) is 7.58. The number of nitrogens with zero attached hydrogens (tertiary/aromatic N) is 5. The van der Waals surface area contributed by atoms with Crippen molar-refractivity contribution in [2.24, 2.45) is 0 Å². The first-order valence-electron chi connectivity index (χ1n) is 7.58. The molecule has 0 unspecified atom stereocenters. The molecule has 0 amide bonds. The average Bonchev–Trinajstić information content (AvgIpc) is 3.12. The lowest BCUT2D eigenvalue weighted by atomic mass is 10.0. The molecule has 0 spiro atoms. The summed E-state index contributed by atoms with van der Waals surface area (Å²) in [7, 11) is 0. The van der Waals surface area contributed by atoms with Gasteiger partial charge in [-0.2, -0.15) is 5.10 Å². The van der Waals surface area contributed by atoms with E-state index in [9.17, 15) is 0 Å². The van der Waals surface area contributed by atoms with E-state index in [4.69, 9.17) is 0 Å². The van der Waals surface area contributed by atoms with Crippen LogP contribution in [0.15, 0.2) is 30.9 Å². The van der Waals surface area contributed by atoms with Crippen LogP contribution in [0, 0.1) is 0 Å². The number of imidazole rings is 1. The molecular formula is C15H23N5. The Morgan fingerprint density at radius 1 is 1.25 bits per heavy atom. The van der Waals surface area contributed by atoms with Crippen molar-refractivity contribution < 1.29 is 0 Å². The predicted molar refractivity (Wildman–Crippen MR) is 78.2 cm³/mol. The summed E-state index contributed by atoms with van der Waals surface area (Å²) in [6.45, 7) is 6.27. The van der Waals surface area contributed by atoms with E-state index < -0.39 is 0 Å². The van der Waals surface area contributed by atoms with Crippen molar-refractivity contribution in [3.05, 3.63) is 36.7 Å². The first kappa shape index (κ1) is 13.4. The molecule has 3 rings (SSSR count). The molecule has 2 aromatic heterocycles. The van der Waals surface area contributed by atoms with Gasteiger partial charge in [-0.1, -0.05) is 6.42 Å². The number of likely N-dealkylation sites (tertiary alicyclic amines) is 1. The Labute approximate surface area is 120 Å². The van der Waals surface area contributed by atoms with Crippen molar-refractivity contribution in [1.82, 2.24) is 24.2 Å². The highest BCUT2D eigenvalue weighted by Gasteiger charge is 2.24. The second-order valence-corrected chi connectivity index (χ2v) is 5.48. The van der Waals surface area contributed by atoms with Crippen molar-refractivity contribution in [1.29, 1.82) is 0 Å². The Kier molecular flexibility index (Phi) is 4.16. The lowest BCUT2D eigenvalue weighted by Gasteiger charge is -2.35. The Hall–Kier alpha value is -1.62. The van der Waals surface area contributed by atoms with Crippen LogP contribution in [0.1, 0.15) is 32.0 Å². The summed E-state index contributed by atoms with van der Waals surface area (Å²) in [6.07, 6.45) is 11.8. The van der Waals surface area contributed by atoms with E-state index >= 15 is 0 Å². The monoisotopic (exact) mass is 273 g/mol. The average molecular weight is 273 g/mol. The van der Waals surface area contributed by atoms with Crippen molar-refractivity contribution in [2.75, 3.05) is 6.54 Å². The van der Waals surface area contributed by atoms with Gasteiger partial charge in [0.15, 0.2) is 0 Å². The molecular weight excluding hydrogens is 250 g/mol. The van der Waals surface area contributed by atoms with Gasteiger partial charge in [0, 0.05) is 37.4 Å². The summed E-state index contributed by atoms with van der Waals surface area (Å²) in [5.41, 5.74) is 0. The second kappa shape index (κ2) is 6.22. The van der Waals surface area contributed by atoms with Gasteiger partial charge in [0.25, 0.3) is 0 Å². The standard InChI is InChI=1S/C15H23N5/c1-2-18-11-8-16-15(18)13-19-9-4-3-6-14(19)12-20-10-5-7-17-20/h5,7-8,10-11,14H,2-4,6,9,12-13H2,1H3/t14-/m1/s1. The van der Waals surface area contributed by atoms with Crippen LogP contribution in [0.4, 0.5) is 0 Å². The van der Waals surface area contributed by atoms with Crippen molar-refractivity contribution >= 4 is 0 Å². The summed E-state index contributed by atoms with van der Waals surface area (Å²) < 4.78 is 4.29.